The molecule has 0 saturated heterocycles. The van der Waals surface area contributed by atoms with Gasteiger partial charge in [-0.25, -0.2) is 0 Å². The molecule has 0 aromatic heterocycles. The summed E-state index contributed by atoms with van der Waals surface area (Å²) in [5.41, 5.74) is 0.288. The predicted octanol–water partition coefficient (Wildman–Crippen LogP) is 1.77. The van der Waals surface area contributed by atoms with E-state index in [-0.39, 0.29) is 18.5 Å². The first-order chi connectivity index (χ1) is 9.96. The molecule has 1 amide bonds. The summed E-state index contributed by atoms with van der Waals surface area (Å²) in [4.78, 5) is 12.0. The molecule has 1 aliphatic rings. The monoisotopic (exact) mass is 306 g/mol. The normalized spacial score (nSPS) is 18.4. The van der Waals surface area contributed by atoms with Gasteiger partial charge in [0.25, 0.3) is 5.91 Å². The van der Waals surface area contributed by atoms with E-state index >= 15 is 0 Å². The molecule has 112 valence electrons. The van der Waals surface area contributed by atoms with E-state index in [1.54, 1.807) is 6.92 Å². The molecular weight excluding hydrogens is 286 g/mol. The van der Waals surface area contributed by atoms with Gasteiger partial charge in [0.1, 0.15) is 11.6 Å². The molecule has 3 N–H and O–H groups in total. The van der Waals surface area contributed by atoms with Crippen LogP contribution in [-0.4, -0.2) is 18.0 Å². The Balaban J connectivity index is 1.87. The number of hydrogen-bond acceptors (Lipinski definition) is 2. The van der Waals surface area contributed by atoms with Crippen LogP contribution in [0.5, 0.6) is 0 Å². The lowest BCUT2D eigenvalue weighted by Crippen LogP contribution is -2.87. The smallest absolute Gasteiger partial charge is 0.276 e. The molecule has 21 heavy (non-hydrogen) atoms. The summed E-state index contributed by atoms with van der Waals surface area (Å²) in [6.45, 7) is 4.11. The van der Waals surface area contributed by atoms with E-state index in [0.717, 1.165) is 18.4 Å². The van der Waals surface area contributed by atoms with Crippen LogP contribution in [0.3, 0.4) is 0 Å². The molecular formula is C16H21ClN3O+. The molecule has 1 saturated carbocycles. The number of hydrogen-bond donors (Lipinski definition) is 2. The van der Waals surface area contributed by atoms with Gasteiger partial charge in [0.05, 0.1) is 6.07 Å². The van der Waals surface area contributed by atoms with Crippen molar-refractivity contribution in [2.75, 3.05) is 6.54 Å². The van der Waals surface area contributed by atoms with Gasteiger partial charge in [0.15, 0.2) is 6.54 Å². The standard InChI is InChI=1S/C16H20ClN3O/c1-11(13-5-3-4-6-14(13)17)19-9-15(21)20-16(2,10-18)12-7-8-12/h3-6,11-12,19H,7-9H2,1-2H3,(H,20,21)/p+1/t11-,16-/m1/s1. The second kappa shape index (κ2) is 6.46. The molecule has 1 aliphatic carbocycles. The van der Waals surface area contributed by atoms with Gasteiger partial charge in [-0.1, -0.05) is 29.8 Å². The SMILES string of the molecule is C[C@@H]([NH2+]CC(=O)N[C@](C)(C#N)C1CC1)c1ccccc1Cl. The number of carbonyl (C=O) groups is 1. The number of carbonyl (C=O) groups excluding carboxylic acids is 1. The molecule has 1 fully saturated rings. The summed E-state index contributed by atoms with van der Waals surface area (Å²) in [5.74, 6) is 0.192. The predicted molar refractivity (Wildman–Crippen MR) is 81.5 cm³/mol. The summed E-state index contributed by atoms with van der Waals surface area (Å²) in [5, 5.41) is 14.7. The average molecular weight is 307 g/mol. The zero-order valence-corrected chi connectivity index (χ0v) is 13.2. The lowest BCUT2D eigenvalue weighted by atomic mass is 9.98. The van der Waals surface area contributed by atoms with Gasteiger partial charge in [-0.05, 0) is 38.7 Å². The van der Waals surface area contributed by atoms with Crippen LogP contribution in [0.25, 0.3) is 0 Å². The second-order valence-corrected chi connectivity index (χ2v) is 6.29. The van der Waals surface area contributed by atoms with Crippen LogP contribution >= 0.6 is 11.6 Å². The summed E-state index contributed by atoms with van der Waals surface area (Å²) >= 11 is 6.15. The molecule has 2 rings (SSSR count). The van der Waals surface area contributed by atoms with Crippen LogP contribution in [0, 0.1) is 17.2 Å². The number of nitrogens with one attached hydrogen (secondary N) is 1. The largest absolute Gasteiger partial charge is 0.333 e. The number of benzene rings is 1. The van der Waals surface area contributed by atoms with E-state index in [4.69, 9.17) is 11.6 Å². The first-order valence-electron chi connectivity index (χ1n) is 7.26. The van der Waals surface area contributed by atoms with Crippen molar-refractivity contribution in [2.45, 2.75) is 38.3 Å². The molecule has 0 spiro atoms. The molecule has 1 aromatic rings. The Hall–Kier alpha value is -1.57. The molecule has 4 nitrogen and oxygen atoms in total. The first-order valence-corrected chi connectivity index (χ1v) is 7.64. The lowest BCUT2D eigenvalue weighted by Gasteiger charge is -2.22. The van der Waals surface area contributed by atoms with Crippen molar-refractivity contribution in [1.29, 1.82) is 5.26 Å². The highest BCUT2D eigenvalue weighted by Crippen LogP contribution is 2.39. The van der Waals surface area contributed by atoms with E-state index in [0.29, 0.717) is 10.9 Å². The fraction of sp³-hybridized carbons (Fsp3) is 0.500. The highest BCUT2D eigenvalue weighted by atomic mass is 35.5. The van der Waals surface area contributed by atoms with Crippen molar-refractivity contribution in [3.63, 3.8) is 0 Å². The minimum Gasteiger partial charge on any atom is -0.333 e. The Morgan fingerprint density at radius 2 is 2.24 bits per heavy atom. The molecule has 2 atom stereocenters. The molecule has 5 heteroatoms. The maximum Gasteiger partial charge on any atom is 0.276 e. The summed E-state index contributed by atoms with van der Waals surface area (Å²) in [6.07, 6.45) is 2.04. The zero-order chi connectivity index (χ0) is 15.5. The van der Waals surface area contributed by atoms with E-state index in [9.17, 15) is 10.1 Å². The van der Waals surface area contributed by atoms with Gasteiger partial charge in [-0.3, -0.25) is 4.79 Å². The first kappa shape index (κ1) is 15.8. The zero-order valence-electron chi connectivity index (χ0n) is 12.4. The third-order valence-electron chi connectivity index (χ3n) is 4.08. The molecule has 1 aromatic carbocycles. The number of amides is 1. The van der Waals surface area contributed by atoms with Crippen molar-refractivity contribution in [2.24, 2.45) is 5.92 Å². The fourth-order valence-corrected chi connectivity index (χ4v) is 2.79. The molecule has 0 radical (unpaired) electrons. The highest BCUT2D eigenvalue weighted by Gasteiger charge is 2.43. The van der Waals surface area contributed by atoms with Gasteiger partial charge in [-0.2, -0.15) is 5.26 Å². The molecule has 0 heterocycles. The lowest BCUT2D eigenvalue weighted by molar-refractivity contribution is -0.682. The van der Waals surface area contributed by atoms with Crippen LogP contribution in [0.4, 0.5) is 0 Å². The number of nitriles is 1. The number of rotatable bonds is 6. The van der Waals surface area contributed by atoms with Gasteiger partial charge < -0.3 is 10.6 Å². The number of halogens is 1. The summed E-state index contributed by atoms with van der Waals surface area (Å²) in [7, 11) is 0. The quantitative estimate of drug-likeness (QED) is 0.841. The Labute approximate surface area is 130 Å². The third-order valence-corrected chi connectivity index (χ3v) is 4.42. The van der Waals surface area contributed by atoms with Crippen LogP contribution in [0.15, 0.2) is 24.3 Å². The fourth-order valence-electron chi connectivity index (χ4n) is 2.48. The number of nitrogens with zero attached hydrogens (tertiary/aromatic N) is 1. The van der Waals surface area contributed by atoms with Crippen molar-refractivity contribution in [3.05, 3.63) is 34.9 Å². The minimum absolute atomic E-state index is 0.0960. The Kier molecular flexibility index (Phi) is 4.87. The Morgan fingerprint density at radius 3 is 2.81 bits per heavy atom. The average Bonchev–Trinajstić information content (AvgIpc) is 3.30. The molecule has 0 unspecified atom stereocenters. The van der Waals surface area contributed by atoms with Crippen molar-refractivity contribution < 1.29 is 10.1 Å². The minimum atomic E-state index is -0.724. The molecule has 0 aliphatic heterocycles. The highest BCUT2D eigenvalue weighted by molar-refractivity contribution is 6.31. The third kappa shape index (κ3) is 3.96. The van der Waals surface area contributed by atoms with Crippen molar-refractivity contribution in [3.8, 4) is 6.07 Å². The van der Waals surface area contributed by atoms with Crippen LogP contribution < -0.4 is 10.6 Å². The van der Waals surface area contributed by atoms with Gasteiger partial charge in [0, 0.05) is 10.6 Å². The van der Waals surface area contributed by atoms with Gasteiger partial charge in [-0.15, -0.1) is 0 Å². The Bertz CT molecular complexity index is 565. The number of quaternary nitrogens is 1. The maximum absolute atomic E-state index is 12.0. The summed E-state index contributed by atoms with van der Waals surface area (Å²) < 4.78 is 0. The molecule has 0 bridgehead atoms. The van der Waals surface area contributed by atoms with Crippen LogP contribution in [0.2, 0.25) is 5.02 Å². The van der Waals surface area contributed by atoms with E-state index < -0.39 is 5.54 Å². The van der Waals surface area contributed by atoms with E-state index in [2.05, 4.69) is 11.4 Å². The van der Waals surface area contributed by atoms with E-state index in [1.807, 2.05) is 36.5 Å². The second-order valence-electron chi connectivity index (χ2n) is 5.89. The topological polar surface area (TPSA) is 69.5 Å². The van der Waals surface area contributed by atoms with E-state index in [1.165, 1.54) is 0 Å². The Morgan fingerprint density at radius 1 is 1.57 bits per heavy atom. The summed E-state index contributed by atoms with van der Waals surface area (Å²) in [6, 6.07) is 9.96. The number of nitrogens with two attached hydrogens (primary N) is 1. The van der Waals surface area contributed by atoms with Crippen molar-refractivity contribution >= 4 is 17.5 Å². The van der Waals surface area contributed by atoms with Gasteiger partial charge in [0.2, 0.25) is 0 Å². The maximum atomic E-state index is 12.0. The van der Waals surface area contributed by atoms with Gasteiger partial charge >= 0.3 is 0 Å². The van der Waals surface area contributed by atoms with Crippen LogP contribution in [0.1, 0.15) is 38.3 Å². The van der Waals surface area contributed by atoms with Crippen LogP contribution in [-0.2, 0) is 4.79 Å². The van der Waals surface area contributed by atoms with Crippen molar-refractivity contribution in [1.82, 2.24) is 5.32 Å².